The summed E-state index contributed by atoms with van der Waals surface area (Å²) in [7, 11) is 0. The van der Waals surface area contributed by atoms with Gasteiger partial charge in [-0.05, 0) is 13.0 Å². The molecule has 0 unspecified atom stereocenters. The highest BCUT2D eigenvalue weighted by atomic mass is 16.6. The van der Waals surface area contributed by atoms with Crippen molar-refractivity contribution in [3.05, 3.63) is 28.8 Å². The number of rotatable bonds is 2. The van der Waals surface area contributed by atoms with Crippen LogP contribution in [0.5, 0.6) is 0 Å². The topological polar surface area (TPSA) is 144 Å². The molecule has 9 heteroatoms. The van der Waals surface area contributed by atoms with E-state index in [0.717, 1.165) is 4.57 Å². The zero-order chi connectivity index (χ0) is 16.1. The van der Waals surface area contributed by atoms with Crippen molar-refractivity contribution < 1.29 is 20.1 Å². The SMILES string of the molecule is C[C@@]1(O)[C@H](O)[C@@H](CO)O[C@H]1n1c(=O)ccc2c(N)ncnc21. The molecule has 0 saturated carbocycles. The van der Waals surface area contributed by atoms with E-state index in [0.29, 0.717) is 5.39 Å². The molecule has 1 fully saturated rings. The fourth-order valence-electron chi connectivity index (χ4n) is 2.68. The minimum absolute atomic E-state index is 0.177. The quantitative estimate of drug-likeness (QED) is 0.518. The van der Waals surface area contributed by atoms with Gasteiger partial charge in [0.15, 0.2) is 11.9 Å². The number of aliphatic hydroxyl groups excluding tert-OH is 2. The van der Waals surface area contributed by atoms with E-state index < -0.39 is 36.2 Å². The van der Waals surface area contributed by atoms with Crippen LogP contribution in [-0.4, -0.2) is 54.3 Å². The van der Waals surface area contributed by atoms with Crippen LogP contribution in [-0.2, 0) is 4.74 Å². The lowest BCUT2D eigenvalue weighted by atomic mass is 9.96. The van der Waals surface area contributed by atoms with E-state index in [1.807, 2.05) is 0 Å². The standard InChI is InChI=1S/C13H16N4O5/c1-13(21)9(20)7(4-18)22-12(13)17-8(19)3-2-6-10(14)15-5-16-11(6)17/h2-3,5,7,9,12,18,20-21H,4H2,1H3,(H2,14,15,16)/t7-,9-,12-,13-/m1/s1. The van der Waals surface area contributed by atoms with Crippen LogP contribution in [0.3, 0.4) is 0 Å². The van der Waals surface area contributed by atoms with Crippen molar-refractivity contribution in [3.63, 3.8) is 0 Å². The van der Waals surface area contributed by atoms with Crippen molar-refractivity contribution in [2.75, 3.05) is 12.3 Å². The minimum atomic E-state index is -1.79. The monoisotopic (exact) mass is 308 g/mol. The Bertz CT molecular complexity index is 775. The maximum atomic E-state index is 12.2. The normalized spacial score (nSPS) is 31.7. The van der Waals surface area contributed by atoms with Crippen molar-refractivity contribution in [1.82, 2.24) is 14.5 Å². The van der Waals surface area contributed by atoms with Gasteiger partial charge < -0.3 is 25.8 Å². The first-order valence-corrected chi connectivity index (χ1v) is 6.66. The van der Waals surface area contributed by atoms with Gasteiger partial charge >= 0.3 is 0 Å². The maximum Gasteiger partial charge on any atom is 0.254 e. The van der Waals surface area contributed by atoms with Gasteiger partial charge in [0.2, 0.25) is 0 Å². The molecule has 4 atom stereocenters. The van der Waals surface area contributed by atoms with Gasteiger partial charge in [-0.1, -0.05) is 0 Å². The second kappa shape index (κ2) is 4.99. The van der Waals surface area contributed by atoms with Crippen LogP contribution < -0.4 is 11.3 Å². The summed E-state index contributed by atoms with van der Waals surface area (Å²) in [4.78, 5) is 20.1. The van der Waals surface area contributed by atoms with Crippen molar-refractivity contribution in [2.24, 2.45) is 0 Å². The highest BCUT2D eigenvalue weighted by Crippen LogP contribution is 2.38. The average molecular weight is 308 g/mol. The van der Waals surface area contributed by atoms with Gasteiger partial charge in [0.1, 0.15) is 30.0 Å². The molecule has 0 aromatic carbocycles. The van der Waals surface area contributed by atoms with E-state index in [1.165, 1.54) is 25.4 Å². The Morgan fingerprint density at radius 3 is 2.82 bits per heavy atom. The molecule has 0 bridgehead atoms. The number of fused-ring (bicyclic) bond motifs is 1. The number of pyridine rings is 1. The summed E-state index contributed by atoms with van der Waals surface area (Å²) in [6, 6.07) is 2.73. The Hall–Kier alpha value is -2.07. The Kier molecular flexibility index (Phi) is 3.37. The first-order valence-electron chi connectivity index (χ1n) is 6.66. The number of hydrogen-bond acceptors (Lipinski definition) is 8. The van der Waals surface area contributed by atoms with E-state index in [1.54, 1.807) is 0 Å². The number of hydrogen-bond donors (Lipinski definition) is 4. The highest BCUT2D eigenvalue weighted by Gasteiger charge is 2.53. The molecule has 1 aliphatic rings. The van der Waals surface area contributed by atoms with E-state index in [4.69, 9.17) is 10.5 Å². The van der Waals surface area contributed by atoms with E-state index >= 15 is 0 Å². The Morgan fingerprint density at radius 1 is 1.45 bits per heavy atom. The molecule has 3 rings (SSSR count). The molecule has 2 aromatic rings. The third-order valence-corrected chi connectivity index (χ3v) is 3.92. The van der Waals surface area contributed by atoms with E-state index in [-0.39, 0.29) is 11.5 Å². The van der Waals surface area contributed by atoms with Gasteiger partial charge in [0.05, 0.1) is 12.0 Å². The number of aromatic nitrogens is 3. The summed E-state index contributed by atoms with van der Waals surface area (Å²) in [5, 5.41) is 30.2. The van der Waals surface area contributed by atoms with Gasteiger partial charge in [-0.15, -0.1) is 0 Å². The molecular formula is C13H16N4O5. The summed E-state index contributed by atoms with van der Waals surface area (Å²) < 4.78 is 6.57. The first-order chi connectivity index (χ1) is 10.4. The molecule has 0 aliphatic carbocycles. The Balaban J connectivity index is 2.24. The van der Waals surface area contributed by atoms with Gasteiger partial charge in [0, 0.05) is 6.07 Å². The molecule has 2 aromatic heterocycles. The summed E-state index contributed by atoms with van der Waals surface area (Å²) in [5.74, 6) is 0.177. The maximum absolute atomic E-state index is 12.2. The predicted octanol–water partition coefficient (Wildman–Crippen LogP) is -1.62. The van der Waals surface area contributed by atoms with Crippen LogP contribution in [0.15, 0.2) is 23.3 Å². The zero-order valence-corrected chi connectivity index (χ0v) is 11.7. The summed E-state index contributed by atoms with van der Waals surface area (Å²) in [6.07, 6.45) is -2.40. The molecular weight excluding hydrogens is 292 g/mol. The predicted molar refractivity (Wildman–Crippen MR) is 75.8 cm³/mol. The summed E-state index contributed by atoms with van der Waals surface area (Å²) in [5.41, 5.74) is 3.67. The third kappa shape index (κ3) is 1.98. The van der Waals surface area contributed by atoms with Gasteiger partial charge in [-0.3, -0.25) is 9.36 Å². The van der Waals surface area contributed by atoms with Crippen LogP contribution in [0.1, 0.15) is 13.2 Å². The Labute approximate surface area is 124 Å². The van der Waals surface area contributed by atoms with Crippen LogP contribution in [0.25, 0.3) is 11.0 Å². The largest absolute Gasteiger partial charge is 0.394 e. The number of anilines is 1. The molecule has 0 spiro atoms. The molecule has 0 amide bonds. The van der Waals surface area contributed by atoms with Gasteiger partial charge in [-0.2, -0.15) is 0 Å². The molecule has 118 valence electrons. The summed E-state index contributed by atoms with van der Waals surface area (Å²) >= 11 is 0. The fraction of sp³-hybridized carbons (Fsp3) is 0.462. The molecule has 0 radical (unpaired) electrons. The summed E-state index contributed by atoms with van der Waals surface area (Å²) in [6.45, 7) is 0.832. The van der Waals surface area contributed by atoms with E-state index in [2.05, 4.69) is 9.97 Å². The molecule has 3 heterocycles. The lowest BCUT2D eigenvalue weighted by molar-refractivity contribution is -0.0963. The second-order valence-corrected chi connectivity index (χ2v) is 5.42. The first kappa shape index (κ1) is 14.9. The van der Waals surface area contributed by atoms with Gasteiger partial charge in [0.25, 0.3) is 5.56 Å². The van der Waals surface area contributed by atoms with Crippen molar-refractivity contribution in [2.45, 2.75) is 31.0 Å². The lowest BCUT2D eigenvalue weighted by Gasteiger charge is -2.28. The fourth-order valence-corrected chi connectivity index (χ4v) is 2.68. The molecule has 5 N–H and O–H groups in total. The molecule has 1 aliphatic heterocycles. The lowest BCUT2D eigenvalue weighted by Crippen LogP contribution is -2.46. The van der Waals surface area contributed by atoms with Crippen LogP contribution >= 0.6 is 0 Å². The minimum Gasteiger partial charge on any atom is -0.394 e. The third-order valence-electron chi connectivity index (χ3n) is 3.92. The van der Waals surface area contributed by atoms with Crippen LogP contribution in [0, 0.1) is 0 Å². The Morgan fingerprint density at radius 2 is 2.18 bits per heavy atom. The molecule has 22 heavy (non-hydrogen) atoms. The second-order valence-electron chi connectivity index (χ2n) is 5.42. The number of nitrogens with zero attached hydrogens (tertiary/aromatic N) is 3. The smallest absolute Gasteiger partial charge is 0.254 e. The number of nitrogen functional groups attached to an aromatic ring is 1. The van der Waals surface area contributed by atoms with Crippen LogP contribution in [0.4, 0.5) is 5.82 Å². The molecule has 9 nitrogen and oxygen atoms in total. The van der Waals surface area contributed by atoms with Gasteiger partial charge in [-0.25, -0.2) is 9.97 Å². The number of ether oxygens (including phenoxy) is 1. The highest BCUT2D eigenvalue weighted by molar-refractivity contribution is 5.85. The van der Waals surface area contributed by atoms with Crippen molar-refractivity contribution in [1.29, 1.82) is 0 Å². The van der Waals surface area contributed by atoms with Crippen molar-refractivity contribution >= 4 is 16.9 Å². The number of aliphatic hydroxyl groups is 3. The zero-order valence-electron chi connectivity index (χ0n) is 11.7. The average Bonchev–Trinajstić information content (AvgIpc) is 2.70. The molecule has 1 saturated heterocycles. The number of nitrogens with two attached hydrogens (primary N) is 1. The van der Waals surface area contributed by atoms with Crippen molar-refractivity contribution in [3.8, 4) is 0 Å². The van der Waals surface area contributed by atoms with Crippen LogP contribution in [0.2, 0.25) is 0 Å². The van der Waals surface area contributed by atoms with E-state index in [9.17, 15) is 20.1 Å².